The van der Waals surface area contributed by atoms with Crippen molar-refractivity contribution in [2.75, 3.05) is 20.2 Å². The summed E-state index contributed by atoms with van der Waals surface area (Å²) in [6.07, 6.45) is 0.901. The second-order valence-corrected chi connectivity index (χ2v) is 6.54. The van der Waals surface area contributed by atoms with E-state index < -0.39 is 0 Å². The van der Waals surface area contributed by atoms with Gasteiger partial charge >= 0.3 is 0 Å². The number of nitrogens with zero attached hydrogens (tertiary/aromatic N) is 2. The van der Waals surface area contributed by atoms with Crippen LogP contribution in [0.25, 0.3) is 0 Å². The zero-order chi connectivity index (χ0) is 17.2. The molecule has 2 aromatic rings. The Kier molecular flexibility index (Phi) is 7.71. The highest BCUT2D eigenvalue weighted by Gasteiger charge is 2.01. The van der Waals surface area contributed by atoms with Gasteiger partial charge in [0.15, 0.2) is 5.96 Å². The van der Waals surface area contributed by atoms with Crippen LogP contribution in [-0.2, 0) is 24.3 Å². The van der Waals surface area contributed by atoms with Crippen molar-refractivity contribution in [3.63, 3.8) is 0 Å². The van der Waals surface area contributed by atoms with Crippen LogP contribution in [0.3, 0.4) is 0 Å². The van der Waals surface area contributed by atoms with Crippen LogP contribution >= 0.6 is 11.3 Å². The molecule has 2 rings (SSSR count). The Balaban J connectivity index is 1.88. The topological polar surface area (TPSA) is 58.5 Å². The second kappa shape index (κ2) is 10.1. The van der Waals surface area contributed by atoms with Crippen LogP contribution in [-0.4, -0.2) is 31.1 Å². The number of ether oxygens (including phenoxy) is 1. The predicted octanol–water partition coefficient (Wildman–Crippen LogP) is 2.90. The van der Waals surface area contributed by atoms with E-state index in [1.54, 1.807) is 18.4 Å². The van der Waals surface area contributed by atoms with Crippen molar-refractivity contribution in [2.45, 2.75) is 33.4 Å². The Morgan fingerprint density at radius 1 is 1.29 bits per heavy atom. The van der Waals surface area contributed by atoms with Crippen LogP contribution in [0, 0.1) is 6.92 Å². The molecule has 0 saturated heterocycles. The lowest BCUT2D eigenvalue weighted by Crippen LogP contribution is -2.38. The first kappa shape index (κ1) is 18.4. The van der Waals surface area contributed by atoms with E-state index in [4.69, 9.17) is 4.74 Å². The van der Waals surface area contributed by atoms with Crippen molar-refractivity contribution in [3.8, 4) is 0 Å². The van der Waals surface area contributed by atoms with Crippen LogP contribution < -0.4 is 10.6 Å². The van der Waals surface area contributed by atoms with E-state index in [0.717, 1.165) is 36.2 Å². The Morgan fingerprint density at radius 3 is 2.83 bits per heavy atom. The molecule has 0 saturated carbocycles. The van der Waals surface area contributed by atoms with Gasteiger partial charge in [-0.1, -0.05) is 24.3 Å². The molecule has 0 spiro atoms. The summed E-state index contributed by atoms with van der Waals surface area (Å²) >= 11 is 1.69. The molecule has 2 N–H and O–H groups in total. The van der Waals surface area contributed by atoms with E-state index in [2.05, 4.69) is 51.1 Å². The lowest BCUT2D eigenvalue weighted by molar-refractivity contribution is 0.185. The number of hydrogen-bond donors (Lipinski definition) is 2. The summed E-state index contributed by atoms with van der Waals surface area (Å²) in [4.78, 5) is 9.14. The predicted molar refractivity (Wildman–Crippen MR) is 101 cm³/mol. The maximum absolute atomic E-state index is 5.18. The van der Waals surface area contributed by atoms with E-state index in [1.807, 2.05) is 13.0 Å². The van der Waals surface area contributed by atoms with Crippen LogP contribution in [0.15, 0.2) is 34.6 Å². The fourth-order valence-electron chi connectivity index (χ4n) is 2.33. The highest BCUT2D eigenvalue weighted by Crippen LogP contribution is 2.08. The van der Waals surface area contributed by atoms with Crippen LogP contribution in [0.1, 0.15) is 28.8 Å². The summed E-state index contributed by atoms with van der Waals surface area (Å²) in [7, 11) is 1.71. The van der Waals surface area contributed by atoms with Crippen LogP contribution in [0.4, 0.5) is 0 Å². The molecular weight excluding hydrogens is 320 g/mol. The number of aryl methyl sites for hydroxylation is 1. The maximum Gasteiger partial charge on any atom is 0.191 e. The molecule has 1 aromatic carbocycles. The molecule has 0 unspecified atom stereocenters. The SMILES string of the molecule is CCNC(=NCc1cccc(COC)c1)NCCc1csc(C)n1. The highest BCUT2D eigenvalue weighted by molar-refractivity contribution is 7.09. The zero-order valence-corrected chi connectivity index (χ0v) is 15.4. The third-order valence-electron chi connectivity index (χ3n) is 3.41. The smallest absolute Gasteiger partial charge is 0.191 e. The Hall–Kier alpha value is -1.92. The normalized spacial score (nSPS) is 11.5. The standard InChI is InChI=1S/C18H26N4OS/c1-4-19-18(20-9-8-17-13-24-14(2)22-17)21-11-15-6-5-7-16(10-15)12-23-3/h5-7,10,13H,4,8-9,11-12H2,1-3H3,(H2,19,20,21). The summed E-state index contributed by atoms with van der Waals surface area (Å²) in [6.45, 7) is 7.03. The minimum Gasteiger partial charge on any atom is -0.380 e. The Morgan fingerprint density at radius 2 is 2.12 bits per heavy atom. The molecule has 0 aliphatic rings. The number of thiazole rings is 1. The van der Waals surface area contributed by atoms with Gasteiger partial charge in [0.05, 0.1) is 23.9 Å². The lowest BCUT2D eigenvalue weighted by atomic mass is 10.1. The highest BCUT2D eigenvalue weighted by atomic mass is 32.1. The molecule has 0 fully saturated rings. The summed E-state index contributed by atoms with van der Waals surface area (Å²) in [5.74, 6) is 0.835. The summed E-state index contributed by atoms with van der Waals surface area (Å²) in [5, 5.41) is 9.87. The number of aromatic nitrogens is 1. The van der Waals surface area contributed by atoms with Gasteiger partial charge < -0.3 is 15.4 Å². The van der Waals surface area contributed by atoms with Gasteiger partial charge in [-0.3, -0.25) is 0 Å². The van der Waals surface area contributed by atoms with Crippen molar-refractivity contribution < 1.29 is 4.74 Å². The minimum atomic E-state index is 0.628. The summed E-state index contributed by atoms with van der Waals surface area (Å²) in [6, 6.07) is 8.33. The first-order valence-electron chi connectivity index (χ1n) is 8.21. The molecule has 0 atom stereocenters. The molecule has 6 heteroatoms. The molecule has 130 valence electrons. The molecule has 1 aromatic heterocycles. The van der Waals surface area contributed by atoms with Crippen molar-refractivity contribution in [1.29, 1.82) is 0 Å². The largest absolute Gasteiger partial charge is 0.380 e. The molecule has 24 heavy (non-hydrogen) atoms. The number of aliphatic imine (C=N–C) groups is 1. The summed E-state index contributed by atoms with van der Waals surface area (Å²) in [5.41, 5.74) is 3.48. The average molecular weight is 347 g/mol. The van der Waals surface area contributed by atoms with Crippen molar-refractivity contribution >= 4 is 17.3 Å². The molecule has 5 nitrogen and oxygen atoms in total. The second-order valence-electron chi connectivity index (χ2n) is 5.48. The number of methoxy groups -OCH3 is 1. The molecule has 0 amide bonds. The van der Waals surface area contributed by atoms with E-state index in [-0.39, 0.29) is 0 Å². The van der Waals surface area contributed by atoms with E-state index in [1.165, 1.54) is 11.1 Å². The third-order valence-corrected chi connectivity index (χ3v) is 4.23. The van der Waals surface area contributed by atoms with E-state index in [0.29, 0.717) is 13.2 Å². The Bertz CT molecular complexity index is 654. The van der Waals surface area contributed by atoms with Gasteiger partial charge in [-0.25, -0.2) is 9.98 Å². The van der Waals surface area contributed by atoms with Crippen LogP contribution in [0.2, 0.25) is 0 Å². The Labute approximate surface area is 148 Å². The fourth-order valence-corrected chi connectivity index (χ4v) is 2.98. The molecule has 0 radical (unpaired) electrons. The molecule has 0 aliphatic carbocycles. The third kappa shape index (κ3) is 6.29. The molecule has 0 bridgehead atoms. The first-order valence-corrected chi connectivity index (χ1v) is 9.09. The molecule has 0 aliphatic heterocycles. The number of rotatable bonds is 8. The quantitative estimate of drug-likeness (QED) is 0.570. The van der Waals surface area contributed by atoms with Gasteiger partial charge in [0.1, 0.15) is 0 Å². The number of guanidine groups is 1. The van der Waals surface area contributed by atoms with Crippen molar-refractivity contribution in [2.24, 2.45) is 4.99 Å². The number of hydrogen-bond acceptors (Lipinski definition) is 4. The van der Waals surface area contributed by atoms with E-state index >= 15 is 0 Å². The first-order chi connectivity index (χ1) is 11.7. The lowest BCUT2D eigenvalue weighted by Gasteiger charge is -2.11. The number of benzene rings is 1. The zero-order valence-electron chi connectivity index (χ0n) is 14.6. The van der Waals surface area contributed by atoms with Gasteiger partial charge in [0.25, 0.3) is 0 Å². The van der Waals surface area contributed by atoms with Gasteiger partial charge in [-0.2, -0.15) is 0 Å². The molecule has 1 heterocycles. The monoisotopic (exact) mass is 346 g/mol. The van der Waals surface area contributed by atoms with E-state index in [9.17, 15) is 0 Å². The fraction of sp³-hybridized carbons (Fsp3) is 0.444. The van der Waals surface area contributed by atoms with Gasteiger partial charge in [-0.05, 0) is 25.0 Å². The number of nitrogens with one attached hydrogen (secondary N) is 2. The average Bonchev–Trinajstić information content (AvgIpc) is 2.99. The van der Waals surface area contributed by atoms with Gasteiger partial charge in [0.2, 0.25) is 0 Å². The minimum absolute atomic E-state index is 0.628. The van der Waals surface area contributed by atoms with Gasteiger partial charge in [-0.15, -0.1) is 11.3 Å². The van der Waals surface area contributed by atoms with Crippen molar-refractivity contribution in [3.05, 3.63) is 51.5 Å². The molecular formula is C18H26N4OS. The van der Waals surface area contributed by atoms with Crippen molar-refractivity contribution in [1.82, 2.24) is 15.6 Å². The van der Waals surface area contributed by atoms with Crippen LogP contribution in [0.5, 0.6) is 0 Å². The van der Waals surface area contributed by atoms with Gasteiger partial charge in [0, 0.05) is 32.0 Å². The summed E-state index contributed by atoms with van der Waals surface area (Å²) < 4.78 is 5.18. The maximum atomic E-state index is 5.18.